The molecule has 0 spiro atoms. The molecule has 1 heterocycles. The van der Waals surface area contributed by atoms with Crippen LogP contribution in [-0.2, 0) is 9.84 Å². The van der Waals surface area contributed by atoms with E-state index in [1.807, 2.05) is 30.3 Å². The van der Waals surface area contributed by atoms with Crippen LogP contribution in [0.4, 0.5) is 6.01 Å². The quantitative estimate of drug-likeness (QED) is 0.569. The van der Waals surface area contributed by atoms with E-state index in [-0.39, 0.29) is 22.4 Å². The predicted molar refractivity (Wildman–Crippen MR) is 105 cm³/mol. The van der Waals surface area contributed by atoms with Crippen molar-refractivity contribution in [1.29, 1.82) is 0 Å². The smallest absolute Gasteiger partial charge is 0.322 e. The van der Waals surface area contributed by atoms with Crippen molar-refractivity contribution in [1.82, 2.24) is 10.2 Å². The van der Waals surface area contributed by atoms with Crippen molar-refractivity contribution in [2.75, 3.05) is 11.6 Å². The second-order valence-electron chi connectivity index (χ2n) is 6.16. The fraction of sp³-hybridized carbons (Fsp3) is 0.0500. The molecule has 1 aromatic heterocycles. The second-order valence-corrected chi connectivity index (χ2v) is 8.15. The van der Waals surface area contributed by atoms with Crippen molar-refractivity contribution in [3.05, 3.63) is 72.3 Å². The maximum atomic E-state index is 12.7. The van der Waals surface area contributed by atoms with Crippen LogP contribution in [0.3, 0.4) is 0 Å². The number of benzene rings is 3. The molecule has 1 N–H and O–H groups in total. The standard InChI is InChI=1S/C20H15N3O4S/c1-28(25,26)17-12-5-4-10-16(17)19-22-23-20(27-19)21-18(24)15-11-6-8-13-7-2-3-9-14(13)15/h2-12H,1H3,(H,21,23,24). The Balaban J connectivity index is 1.65. The Kier molecular flexibility index (Phi) is 4.40. The highest BCUT2D eigenvalue weighted by molar-refractivity contribution is 7.90. The summed E-state index contributed by atoms with van der Waals surface area (Å²) < 4.78 is 29.4. The Morgan fingerprint density at radius 3 is 2.46 bits per heavy atom. The molecule has 0 fully saturated rings. The zero-order chi connectivity index (χ0) is 19.7. The molecule has 0 aliphatic heterocycles. The lowest BCUT2D eigenvalue weighted by Gasteiger charge is -2.05. The van der Waals surface area contributed by atoms with Crippen LogP contribution in [-0.4, -0.2) is 30.8 Å². The molecule has 3 aromatic carbocycles. The van der Waals surface area contributed by atoms with Gasteiger partial charge in [-0.3, -0.25) is 10.1 Å². The van der Waals surface area contributed by atoms with Crippen LogP contribution in [0.15, 0.2) is 76.0 Å². The summed E-state index contributed by atoms with van der Waals surface area (Å²) in [7, 11) is -3.48. The molecule has 0 radical (unpaired) electrons. The van der Waals surface area contributed by atoms with Crippen LogP contribution in [0.2, 0.25) is 0 Å². The van der Waals surface area contributed by atoms with Gasteiger partial charge in [0, 0.05) is 11.8 Å². The van der Waals surface area contributed by atoms with Gasteiger partial charge >= 0.3 is 6.01 Å². The zero-order valence-electron chi connectivity index (χ0n) is 14.8. The normalized spacial score (nSPS) is 11.5. The molecule has 1 amide bonds. The molecule has 0 unspecified atom stereocenters. The van der Waals surface area contributed by atoms with E-state index in [2.05, 4.69) is 15.5 Å². The molecule has 7 nitrogen and oxygen atoms in total. The molecular formula is C20H15N3O4S. The summed E-state index contributed by atoms with van der Waals surface area (Å²) in [4.78, 5) is 12.7. The van der Waals surface area contributed by atoms with Crippen molar-refractivity contribution in [3.63, 3.8) is 0 Å². The van der Waals surface area contributed by atoms with Gasteiger partial charge in [-0.25, -0.2) is 8.42 Å². The monoisotopic (exact) mass is 393 g/mol. The maximum absolute atomic E-state index is 12.7. The zero-order valence-corrected chi connectivity index (χ0v) is 15.6. The first-order chi connectivity index (χ1) is 13.4. The van der Waals surface area contributed by atoms with E-state index < -0.39 is 15.7 Å². The first kappa shape index (κ1) is 17.9. The third-order valence-corrected chi connectivity index (χ3v) is 5.35. The number of hydrogen-bond donors (Lipinski definition) is 1. The molecule has 4 aromatic rings. The van der Waals surface area contributed by atoms with Gasteiger partial charge < -0.3 is 4.42 Å². The fourth-order valence-electron chi connectivity index (χ4n) is 2.94. The summed E-state index contributed by atoms with van der Waals surface area (Å²) in [6.07, 6.45) is 1.10. The average Bonchev–Trinajstić information content (AvgIpc) is 3.15. The van der Waals surface area contributed by atoms with E-state index >= 15 is 0 Å². The number of rotatable bonds is 4. The van der Waals surface area contributed by atoms with Gasteiger partial charge in [0.1, 0.15) is 0 Å². The van der Waals surface area contributed by atoms with Gasteiger partial charge in [0.05, 0.1) is 10.5 Å². The number of amides is 1. The number of hydrogen-bond acceptors (Lipinski definition) is 6. The van der Waals surface area contributed by atoms with E-state index in [1.54, 1.807) is 30.3 Å². The van der Waals surface area contributed by atoms with Crippen LogP contribution in [0.5, 0.6) is 0 Å². The Hall–Kier alpha value is -3.52. The molecule has 4 rings (SSSR count). The first-order valence-corrected chi connectivity index (χ1v) is 10.2. The summed E-state index contributed by atoms with van der Waals surface area (Å²) in [6.45, 7) is 0. The Bertz CT molecular complexity index is 1290. The number of fused-ring (bicyclic) bond motifs is 1. The van der Waals surface area contributed by atoms with Crippen molar-refractivity contribution >= 4 is 32.5 Å². The highest BCUT2D eigenvalue weighted by atomic mass is 32.2. The van der Waals surface area contributed by atoms with Gasteiger partial charge in [-0.1, -0.05) is 53.6 Å². The van der Waals surface area contributed by atoms with Gasteiger partial charge in [-0.2, -0.15) is 0 Å². The fourth-order valence-corrected chi connectivity index (χ4v) is 3.82. The lowest BCUT2D eigenvalue weighted by Crippen LogP contribution is -2.12. The van der Waals surface area contributed by atoms with E-state index in [1.165, 1.54) is 6.07 Å². The van der Waals surface area contributed by atoms with Gasteiger partial charge in [-0.15, -0.1) is 5.10 Å². The number of aromatic nitrogens is 2. The number of carbonyl (C=O) groups excluding carboxylic acids is 1. The molecule has 0 bridgehead atoms. The molecule has 28 heavy (non-hydrogen) atoms. The minimum absolute atomic E-state index is 0.00856. The van der Waals surface area contributed by atoms with Gasteiger partial charge in [-0.05, 0) is 29.0 Å². The van der Waals surface area contributed by atoms with Crippen LogP contribution in [0, 0.1) is 0 Å². The summed E-state index contributed by atoms with van der Waals surface area (Å²) >= 11 is 0. The third-order valence-electron chi connectivity index (χ3n) is 4.20. The average molecular weight is 393 g/mol. The van der Waals surface area contributed by atoms with Gasteiger partial charge in [0.15, 0.2) is 9.84 Å². The number of sulfone groups is 1. The van der Waals surface area contributed by atoms with E-state index in [0.717, 1.165) is 17.0 Å². The van der Waals surface area contributed by atoms with Crippen LogP contribution >= 0.6 is 0 Å². The topological polar surface area (TPSA) is 102 Å². The van der Waals surface area contributed by atoms with Crippen LogP contribution < -0.4 is 5.32 Å². The first-order valence-electron chi connectivity index (χ1n) is 8.35. The van der Waals surface area contributed by atoms with E-state index in [9.17, 15) is 13.2 Å². The third kappa shape index (κ3) is 3.37. The highest BCUT2D eigenvalue weighted by Crippen LogP contribution is 2.27. The van der Waals surface area contributed by atoms with Crippen LogP contribution in [0.25, 0.3) is 22.2 Å². The predicted octanol–water partition coefficient (Wildman–Crippen LogP) is 3.55. The van der Waals surface area contributed by atoms with Crippen molar-refractivity contribution in [2.45, 2.75) is 4.90 Å². The Labute approximate surface area is 160 Å². The molecule has 140 valence electrons. The number of nitrogens with one attached hydrogen (secondary N) is 1. The SMILES string of the molecule is CS(=O)(=O)c1ccccc1-c1nnc(NC(=O)c2cccc3ccccc23)o1. The molecule has 0 aliphatic carbocycles. The minimum Gasteiger partial charge on any atom is -0.403 e. The largest absolute Gasteiger partial charge is 0.403 e. The Morgan fingerprint density at radius 1 is 0.929 bits per heavy atom. The summed E-state index contributed by atoms with van der Waals surface area (Å²) in [6, 6.07) is 19.1. The molecule has 0 saturated carbocycles. The maximum Gasteiger partial charge on any atom is 0.322 e. The minimum atomic E-state index is -3.48. The van der Waals surface area contributed by atoms with Crippen LogP contribution in [0.1, 0.15) is 10.4 Å². The summed E-state index contributed by atoms with van der Waals surface area (Å²) in [5, 5.41) is 12.0. The van der Waals surface area contributed by atoms with Crippen molar-refractivity contribution < 1.29 is 17.6 Å². The van der Waals surface area contributed by atoms with Gasteiger partial charge in [0.25, 0.3) is 11.8 Å². The Morgan fingerprint density at radius 2 is 1.64 bits per heavy atom. The van der Waals surface area contributed by atoms with E-state index in [0.29, 0.717) is 5.56 Å². The number of anilines is 1. The number of nitrogens with zero attached hydrogens (tertiary/aromatic N) is 2. The molecule has 0 aliphatic rings. The van der Waals surface area contributed by atoms with Crippen molar-refractivity contribution in [3.8, 4) is 11.5 Å². The number of carbonyl (C=O) groups is 1. The lowest BCUT2D eigenvalue weighted by atomic mass is 10.0. The molecular weight excluding hydrogens is 378 g/mol. The highest BCUT2D eigenvalue weighted by Gasteiger charge is 2.20. The van der Waals surface area contributed by atoms with Crippen molar-refractivity contribution in [2.24, 2.45) is 0 Å². The molecule has 0 saturated heterocycles. The van der Waals surface area contributed by atoms with Gasteiger partial charge in [0.2, 0.25) is 0 Å². The molecule has 0 atom stereocenters. The summed E-state index contributed by atoms with van der Waals surface area (Å²) in [5.41, 5.74) is 0.748. The molecule has 8 heteroatoms. The second kappa shape index (κ2) is 6.90. The summed E-state index contributed by atoms with van der Waals surface area (Å²) in [5.74, 6) is -0.391. The van der Waals surface area contributed by atoms with E-state index in [4.69, 9.17) is 4.42 Å². The lowest BCUT2D eigenvalue weighted by molar-refractivity contribution is 0.102.